The van der Waals surface area contributed by atoms with Crippen molar-refractivity contribution in [3.63, 3.8) is 0 Å². The van der Waals surface area contributed by atoms with Gasteiger partial charge in [0, 0.05) is 24.6 Å². The Bertz CT molecular complexity index is 580. The van der Waals surface area contributed by atoms with Crippen LogP contribution in [0.4, 0.5) is 0 Å². The first kappa shape index (κ1) is 15.5. The molecule has 0 saturated carbocycles. The first-order valence-corrected chi connectivity index (χ1v) is 8.64. The second-order valence-electron chi connectivity index (χ2n) is 4.80. The second kappa shape index (κ2) is 6.24. The fourth-order valence-corrected chi connectivity index (χ4v) is 3.51. The van der Waals surface area contributed by atoms with Gasteiger partial charge in [0.2, 0.25) is 15.9 Å². The molecule has 0 atom stereocenters. The third-order valence-corrected chi connectivity index (χ3v) is 5.68. The van der Waals surface area contributed by atoms with Gasteiger partial charge in [-0.1, -0.05) is 15.9 Å². The molecule has 1 fully saturated rings. The van der Waals surface area contributed by atoms with Crippen molar-refractivity contribution in [2.75, 3.05) is 26.7 Å². The van der Waals surface area contributed by atoms with Crippen LogP contribution in [0.3, 0.4) is 0 Å². The number of carbonyl (C=O) groups is 1. The SMILES string of the molecule is CN(CC(=O)N1CCCC1)S(=O)(=O)c1ccc(Br)cc1. The van der Waals surface area contributed by atoms with Crippen molar-refractivity contribution < 1.29 is 13.2 Å². The number of benzene rings is 1. The summed E-state index contributed by atoms with van der Waals surface area (Å²) in [5.41, 5.74) is 0. The molecule has 0 N–H and O–H groups in total. The number of sulfonamides is 1. The minimum absolute atomic E-state index is 0.113. The van der Waals surface area contributed by atoms with E-state index in [2.05, 4.69) is 15.9 Å². The van der Waals surface area contributed by atoms with E-state index in [1.165, 1.54) is 19.2 Å². The van der Waals surface area contributed by atoms with Crippen molar-refractivity contribution in [3.8, 4) is 0 Å². The number of likely N-dealkylation sites (N-methyl/N-ethyl adjacent to an activating group) is 1. The molecule has 7 heteroatoms. The van der Waals surface area contributed by atoms with Crippen LogP contribution in [0.15, 0.2) is 33.6 Å². The summed E-state index contributed by atoms with van der Waals surface area (Å²) >= 11 is 3.26. The first-order chi connectivity index (χ1) is 9.41. The van der Waals surface area contributed by atoms with Gasteiger partial charge < -0.3 is 4.90 Å². The molecule has 20 heavy (non-hydrogen) atoms. The molecule has 1 aromatic rings. The van der Waals surface area contributed by atoms with E-state index in [-0.39, 0.29) is 17.3 Å². The van der Waals surface area contributed by atoms with Crippen LogP contribution in [0.1, 0.15) is 12.8 Å². The molecule has 1 aromatic carbocycles. The normalized spacial score (nSPS) is 15.8. The summed E-state index contributed by atoms with van der Waals surface area (Å²) in [7, 11) is -2.18. The highest BCUT2D eigenvalue weighted by Gasteiger charge is 2.26. The van der Waals surface area contributed by atoms with Gasteiger partial charge in [-0.05, 0) is 37.1 Å². The van der Waals surface area contributed by atoms with Gasteiger partial charge in [0.25, 0.3) is 0 Å². The lowest BCUT2D eigenvalue weighted by atomic mass is 10.4. The molecule has 1 saturated heterocycles. The molecule has 2 rings (SSSR count). The maximum absolute atomic E-state index is 12.3. The third-order valence-electron chi connectivity index (χ3n) is 3.34. The molecule has 0 aromatic heterocycles. The minimum Gasteiger partial charge on any atom is -0.342 e. The molecular formula is C13H17BrN2O3S. The van der Waals surface area contributed by atoms with Crippen LogP contribution in [-0.2, 0) is 14.8 Å². The Hall–Kier alpha value is -0.920. The molecule has 0 aliphatic carbocycles. The van der Waals surface area contributed by atoms with Crippen molar-refractivity contribution >= 4 is 31.9 Å². The molecule has 0 unspecified atom stereocenters. The van der Waals surface area contributed by atoms with Crippen molar-refractivity contribution in [2.24, 2.45) is 0 Å². The zero-order valence-electron chi connectivity index (χ0n) is 11.3. The topological polar surface area (TPSA) is 57.7 Å². The molecule has 0 bridgehead atoms. The van der Waals surface area contributed by atoms with Crippen LogP contribution in [0.25, 0.3) is 0 Å². The van der Waals surface area contributed by atoms with Gasteiger partial charge in [-0.25, -0.2) is 8.42 Å². The van der Waals surface area contributed by atoms with E-state index >= 15 is 0 Å². The Labute approximate surface area is 127 Å². The molecule has 110 valence electrons. The van der Waals surface area contributed by atoms with Crippen LogP contribution in [-0.4, -0.2) is 50.2 Å². The largest absolute Gasteiger partial charge is 0.342 e. The summed E-state index contributed by atoms with van der Waals surface area (Å²) in [5.74, 6) is -0.134. The summed E-state index contributed by atoms with van der Waals surface area (Å²) in [4.78, 5) is 13.9. The van der Waals surface area contributed by atoms with Gasteiger partial charge in [0.1, 0.15) is 0 Å². The highest BCUT2D eigenvalue weighted by atomic mass is 79.9. The number of rotatable bonds is 4. The molecule has 1 amide bonds. The Kier molecular flexibility index (Phi) is 4.82. The average Bonchev–Trinajstić information content (AvgIpc) is 2.93. The van der Waals surface area contributed by atoms with Crippen LogP contribution in [0.2, 0.25) is 0 Å². The van der Waals surface area contributed by atoms with E-state index in [9.17, 15) is 13.2 Å². The number of halogens is 1. The highest BCUT2D eigenvalue weighted by Crippen LogP contribution is 2.18. The van der Waals surface area contributed by atoms with Crippen LogP contribution < -0.4 is 0 Å². The number of likely N-dealkylation sites (tertiary alicyclic amines) is 1. The van der Waals surface area contributed by atoms with E-state index in [0.29, 0.717) is 0 Å². The highest BCUT2D eigenvalue weighted by molar-refractivity contribution is 9.10. The quantitative estimate of drug-likeness (QED) is 0.820. The summed E-state index contributed by atoms with van der Waals surface area (Å²) in [6, 6.07) is 6.39. The molecule has 1 heterocycles. The predicted molar refractivity (Wildman–Crippen MR) is 79.8 cm³/mol. The van der Waals surface area contributed by atoms with Crippen molar-refractivity contribution in [1.29, 1.82) is 0 Å². The number of amides is 1. The lowest BCUT2D eigenvalue weighted by Gasteiger charge is -2.21. The molecule has 1 aliphatic heterocycles. The van der Waals surface area contributed by atoms with Gasteiger partial charge in [-0.3, -0.25) is 4.79 Å². The lowest BCUT2D eigenvalue weighted by Crippen LogP contribution is -2.39. The van der Waals surface area contributed by atoms with E-state index in [4.69, 9.17) is 0 Å². The Balaban J connectivity index is 2.08. The van der Waals surface area contributed by atoms with E-state index in [0.717, 1.165) is 34.7 Å². The van der Waals surface area contributed by atoms with E-state index in [1.54, 1.807) is 17.0 Å². The van der Waals surface area contributed by atoms with Crippen molar-refractivity contribution in [3.05, 3.63) is 28.7 Å². The number of hydrogen-bond acceptors (Lipinski definition) is 3. The summed E-state index contributed by atoms with van der Waals surface area (Å²) < 4.78 is 26.6. The summed E-state index contributed by atoms with van der Waals surface area (Å²) in [5, 5.41) is 0. The van der Waals surface area contributed by atoms with Crippen LogP contribution in [0, 0.1) is 0 Å². The third kappa shape index (κ3) is 3.39. The van der Waals surface area contributed by atoms with E-state index in [1.807, 2.05) is 0 Å². The maximum atomic E-state index is 12.3. The first-order valence-electron chi connectivity index (χ1n) is 6.41. The maximum Gasteiger partial charge on any atom is 0.243 e. The number of hydrogen-bond donors (Lipinski definition) is 0. The fraction of sp³-hybridized carbons (Fsp3) is 0.462. The van der Waals surface area contributed by atoms with Gasteiger partial charge in [0.05, 0.1) is 11.4 Å². The van der Waals surface area contributed by atoms with Crippen molar-refractivity contribution in [2.45, 2.75) is 17.7 Å². The second-order valence-corrected chi connectivity index (χ2v) is 7.76. The Morgan fingerprint density at radius 2 is 1.80 bits per heavy atom. The molecule has 0 radical (unpaired) electrons. The molecule has 1 aliphatic rings. The molecule has 0 spiro atoms. The zero-order chi connectivity index (χ0) is 14.8. The zero-order valence-corrected chi connectivity index (χ0v) is 13.7. The van der Waals surface area contributed by atoms with Gasteiger partial charge in [-0.15, -0.1) is 0 Å². The van der Waals surface area contributed by atoms with Gasteiger partial charge >= 0.3 is 0 Å². The van der Waals surface area contributed by atoms with E-state index < -0.39 is 10.0 Å². The van der Waals surface area contributed by atoms with Crippen LogP contribution >= 0.6 is 15.9 Å². The van der Waals surface area contributed by atoms with Crippen molar-refractivity contribution in [1.82, 2.24) is 9.21 Å². The monoisotopic (exact) mass is 360 g/mol. The predicted octanol–water partition coefficient (Wildman–Crippen LogP) is 1.69. The molecule has 5 nitrogen and oxygen atoms in total. The smallest absolute Gasteiger partial charge is 0.243 e. The number of nitrogens with zero attached hydrogens (tertiary/aromatic N) is 2. The molecular weight excluding hydrogens is 344 g/mol. The standard InChI is InChI=1S/C13H17BrN2O3S/c1-15(10-13(17)16-8-2-3-9-16)20(18,19)12-6-4-11(14)5-7-12/h4-7H,2-3,8-10H2,1H3. The average molecular weight is 361 g/mol. The number of carbonyl (C=O) groups excluding carboxylic acids is 1. The minimum atomic E-state index is -3.62. The van der Waals surface area contributed by atoms with Gasteiger partial charge in [-0.2, -0.15) is 4.31 Å². The Morgan fingerprint density at radius 3 is 2.35 bits per heavy atom. The summed E-state index contributed by atoms with van der Waals surface area (Å²) in [6.07, 6.45) is 1.99. The van der Waals surface area contributed by atoms with Crippen LogP contribution in [0.5, 0.6) is 0 Å². The lowest BCUT2D eigenvalue weighted by molar-refractivity contribution is -0.130. The fourth-order valence-electron chi connectivity index (χ4n) is 2.13. The Morgan fingerprint density at radius 1 is 1.25 bits per heavy atom. The van der Waals surface area contributed by atoms with Gasteiger partial charge in [0.15, 0.2) is 0 Å². The summed E-state index contributed by atoms with van der Waals surface area (Å²) in [6.45, 7) is 1.34.